The summed E-state index contributed by atoms with van der Waals surface area (Å²) in [7, 11) is 0. The number of nitrogens with one attached hydrogen (secondary N) is 1. The van der Waals surface area contributed by atoms with Crippen LogP contribution in [0.15, 0.2) is 33.9 Å². The van der Waals surface area contributed by atoms with Crippen molar-refractivity contribution in [2.75, 3.05) is 13.1 Å². The molecule has 0 spiro atoms. The number of aryl methyl sites for hydroxylation is 1. The second-order valence-corrected chi connectivity index (χ2v) is 6.81. The number of ether oxygens (including phenoxy) is 1. The van der Waals surface area contributed by atoms with Gasteiger partial charge in [-0.3, -0.25) is 9.69 Å². The van der Waals surface area contributed by atoms with Crippen molar-refractivity contribution in [1.29, 1.82) is 0 Å². The van der Waals surface area contributed by atoms with Crippen LogP contribution >= 0.6 is 11.8 Å². The van der Waals surface area contributed by atoms with Crippen LogP contribution in [0, 0.1) is 6.92 Å². The molecule has 1 atom stereocenters. The molecule has 0 saturated carbocycles. The van der Waals surface area contributed by atoms with E-state index >= 15 is 0 Å². The number of hydrogen-bond donors (Lipinski definition) is 1. The topological polar surface area (TPSA) is 115 Å². The smallest absolute Gasteiger partial charge is 0.341 e. The van der Waals surface area contributed by atoms with Gasteiger partial charge >= 0.3 is 12.0 Å². The number of hydrogen-bond acceptors (Lipinski definition) is 8. The normalized spacial score (nSPS) is 14.7. The minimum Gasteiger partial charge on any atom is -0.449 e. The lowest BCUT2D eigenvalue weighted by Crippen LogP contribution is -2.41. The number of aromatic nitrogens is 2. The van der Waals surface area contributed by atoms with Crippen molar-refractivity contribution in [3.8, 4) is 0 Å². The fourth-order valence-electron chi connectivity index (χ4n) is 2.47. The molecule has 9 nitrogen and oxygen atoms in total. The van der Waals surface area contributed by atoms with Crippen molar-refractivity contribution >= 4 is 29.7 Å². The standard InChI is InChI=1S/C17H18N4O5S/c1-10-8-12(20-26-10)9-27-14-13(4-3-5-18-14)16(23)25-11(2)15(22)21-7-6-19-17(21)24/h3-5,8,11H,6-7,9H2,1-2H3,(H,19,24)/t11-/m1/s1. The number of thioether (sulfide) groups is 1. The van der Waals surface area contributed by atoms with Gasteiger partial charge in [-0.1, -0.05) is 16.9 Å². The van der Waals surface area contributed by atoms with Crippen molar-refractivity contribution < 1.29 is 23.6 Å². The van der Waals surface area contributed by atoms with Gasteiger partial charge < -0.3 is 14.6 Å². The van der Waals surface area contributed by atoms with Gasteiger partial charge in [0.05, 0.1) is 11.3 Å². The van der Waals surface area contributed by atoms with Crippen LogP contribution in [0.4, 0.5) is 4.79 Å². The molecule has 3 amide bonds. The van der Waals surface area contributed by atoms with Crippen LogP contribution in [0.25, 0.3) is 0 Å². The molecule has 3 heterocycles. The Morgan fingerprint density at radius 1 is 1.48 bits per heavy atom. The molecule has 0 bridgehead atoms. The quantitative estimate of drug-likeness (QED) is 0.586. The third kappa shape index (κ3) is 4.45. The van der Waals surface area contributed by atoms with Crippen molar-refractivity contribution in [3.05, 3.63) is 41.4 Å². The van der Waals surface area contributed by atoms with Gasteiger partial charge in [0.2, 0.25) is 0 Å². The van der Waals surface area contributed by atoms with Crippen LogP contribution in [0.2, 0.25) is 0 Å². The zero-order valence-corrected chi connectivity index (χ0v) is 15.6. The Kier molecular flexibility index (Phi) is 5.75. The van der Waals surface area contributed by atoms with E-state index in [1.165, 1.54) is 18.7 Å². The molecule has 10 heteroatoms. The predicted octanol–water partition coefficient (Wildman–Crippen LogP) is 1.77. The number of esters is 1. The van der Waals surface area contributed by atoms with Gasteiger partial charge in [-0.15, -0.1) is 0 Å². The number of rotatable bonds is 6. The minimum absolute atomic E-state index is 0.244. The van der Waals surface area contributed by atoms with E-state index < -0.39 is 24.0 Å². The second-order valence-electron chi connectivity index (χ2n) is 5.84. The average Bonchev–Trinajstić information content (AvgIpc) is 3.27. The molecule has 1 saturated heterocycles. The molecule has 1 aliphatic heterocycles. The lowest BCUT2D eigenvalue weighted by molar-refractivity contribution is -0.136. The van der Waals surface area contributed by atoms with E-state index in [1.807, 2.05) is 0 Å². The van der Waals surface area contributed by atoms with E-state index in [0.717, 1.165) is 10.6 Å². The average molecular weight is 390 g/mol. The van der Waals surface area contributed by atoms with Gasteiger partial charge in [-0.25, -0.2) is 14.6 Å². The van der Waals surface area contributed by atoms with Gasteiger partial charge in [0.15, 0.2) is 6.10 Å². The molecule has 3 rings (SSSR count). The van der Waals surface area contributed by atoms with E-state index in [-0.39, 0.29) is 12.1 Å². The molecule has 0 unspecified atom stereocenters. The molecule has 0 radical (unpaired) electrons. The number of imide groups is 1. The highest BCUT2D eigenvalue weighted by atomic mass is 32.2. The summed E-state index contributed by atoms with van der Waals surface area (Å²) in [4.78, 5) is 41.6. The molecule has 1 N–H and O–H groups in total. The highest BCUT2D eigenvalue weighted by Gasteiger charge is 2.32. The monoisotopic (exact) mass is 390 g/mol. The van der Waals surface area contributed by atoms with E-state index in [2.05, 4.69) is 15.5 Å². The number of carbonyl (C=O) groups excluding carboxylic acids is 3. The molecular formula is C17H18N4O5S. The number of carbonyl (C=O) groups is 3. The third-order valence-electron chi connectivity index (χ3n) is 3.78. The predicted molar refractivity (Wildman–Crippen MR) is 95.0 cm³/mol. The first-order valence-corrected chi connectivity index (χ1v) is 9.24. The number of nitrogens with zero attached hydrogens (tertiary/aromatic N) is 3. The fraction of sp³-hybridized carbons (Fsp3) is 0.353. The molecule has 1 aliphatic rings. The Bertz CT molecular complexity index is 869. The molecule has 27 heavy (non-hydrogen) atoms. The van der Waals surface area contributed by atoms with E-state index in [9.17, 15) is 14.4 Å². The maximum atomic E-state index is 12.5. The first-order valence-electron chi connectivity index (χ1n) is 8.26. The zero-order chi connectivity index (χ0) is 19.4. The Hall–Kier alpha value is -2.88. The Morgan fingerprint density at radius 3 is 2.96 bits per heavy atom. The highest BCUT2D eigenvalue weighted by molar-refractivity contribution is 7.98. The van der Waals surface area contributed by atoms with Crippen LogP contribution in [-0.4, -0.2) is 52.1 Å². The summed E-state index contributed by atoms with van der Waals surface area (Å²) in [5, 5.41) is 6.89. The fourth-order valence-corrected chi connectivity index (χ4v) is 3.33. The summed E-state index contributed by atoms with van der Waals surface area (Å²) >= 11 is 1.31. The molecule has 142 valence electrons. The summed E-state index contributed by atoms with van der Waals surface area (Å²) in [5.74, 6) is -0.0710. The van der Waals surface area contributed by atoms with Crippen molar-refractivity contribution in [1.82, 2.24) is 20.4 Å². The van der Waals surface area contributed by atoms with Gasteiger partial charge in [0.1, 0.15) is 10.8 Å². The van der Waals surface area contributed by atoms with E-state index in [4.69, 9.17) is 9.26 Å². The minimum atomic E-state index is -1.09. The third-order valence-corrected chi connectivity index (χ3v) is 4.82. The number of amides is 3. The molecule has 1 fully saturated rings. The summed E-state index contributed by atoms with van der Waals surface area (Å²) in [6.45, 7) is 3.87. The summed E-state index contributed by atoms with van der Waals surface area (Å²) in [6.07, 6.45) is 0.480. The van der Waals surface area contributed by atoms with Gasteiger partial charge in [0, 0.05) is 31.1 Å². The van der Waals surface area contributed by atoms with Gasteiger partial charge in [0.25, 0.3) is 5.91 Å². The Balaban J connectivity index is 1.65. The van der Waals surface area contributed by atoms with E-state index in [0.29, 0.717) is 23.1 Å². The number of urea groups is 1. The molecule has 2 aromatic heterocycles. The van der Waals surface area contributed by atoms with Crippen molar-refractivity contribution in [2.24, 2.45) is 0 Å². The van der Waals surface area contributed by atoms with Crippen LogP contribution in [0.3, 0.4) is 0 Å². The highest BCUT2D eigenvalue weighted by Crippen LogP contribution is 2.25. The van der Waals surface area contributed by atoms with Crippen molar-refractivity contribution in [2.45, 2.75) is 30.7 Å². The second kappa shape index (κ2) is 8.21. The molecular weight excluding hydrogens is 372 g/mol. The Morgan fingerprint density at radius 2 is 2.30 bits per heavy atom. The van der Waals surface area contributed by atoms with Gasteiger partial charge in [-0.2, -0.15) is 0 Å². The first kappa shape index (κ1) is 18.9. The first-order chi connectivity index (χ1) is 13.0. The van der Waals surface area contributed by atoms with Crippen LogP contribution in [0.1, 0.15) is 28.7 Å². The molecule has 0 aromatic carbocycles. The van der Waals surface area contributed by atoms with E-state index in [1.54, 1.807) is 31.3 Å². The van der Waals surface area contributed by atoms with Crippen molar-refractivity contribution in [3.63, 3.8) is 0 Å². The zero-order valence-electron chi connectivity index (χ0n) is 14.8. The Labute approximate surface area is 159 Å². The maximum Gasteiger partial charge on any atom is 0.341 e. The largest absolute Gasteiger partial charge is 0.449 e. The SMILES string of the molecule is Cc1cc(CSc2ncccc2C(=O)O[C@H](C)C(=O)N2CCNC2=O)no1. The van der Waals surface area contributed by atoms with Crippen LogP contribution in [-0.2, 0) is 15.3 Å². The maximum absolute atomic E-state index is 12.5. The lowest BCUT2D eigenvalue weighted by Gasteiger charge is -2.18. The van der Waals surface area contributed by atoms with Crippen LogP contribution < -0.4 is 5.32 Å². The summed E-state index contributed by atoms with van der Waals surface area (Å²) < 4.78 is 10.3. The molecule has 0 aliphatic carbocycles. The lowest BCUT2D eigenvalue weighted by atomic mass is 10.3. The summed E-state index contributed by atoms with van der Waals surface area (Å²) in [6, 6.07) is 4.51. The molecule has 2 aromatic rings. The van der Waals surface area contributed by atoms with Gasteiger partial charge in [-0.05, 0) is 26.0 Å². The number of pyridine rings is 1. The van der Waals surface area contributed by atoms with Crippen LogP contribution in [0.5, 0.6) is 0 Å². The summed E-state index contributed by atoms with van der Waals surface area (Å²) in [5.41, 5.74) is 0.972.